The van der Waals surface area contributed by atoms with Gasteiger partial charge in [-0.25, -0.2) is 0 Å². The van der Waals surface area contributed by atoms with E-state index in [1.807, 2.05) is 6.08 Å². The molecule has 0 unspecified atom stereocenters. The average Bonchev–Trinajstić information content (AvgIpc) is 2.33. The zero-order chi connectivity index (χ0) is 6.97. The Morgan fingerprint density at radius 2 is 2.30 bits per heavy atom. The Morgan fingerprint density at radius 1 is 1.40 bits per heavy atom. The van der Waals surface area contributed by atoms with E-state index in [0.29, 0.717) is 12.4 Å². The van der Waals surface area contributed by atoms with Crippen LogP contribution in [0.4, 0.5) is 0 Å². The van der Waals surface area contributed by atoms with Crippen molar-refractivity contribution in [3.8, 4) is 0 Å². The summed E-state index contributed by atoms with van der Waals surface area (Å²) in [5, 5.41) is 0. The molecule has 1 heterocycles. The maximum Gasteiger partial charge on any atom is 0.182 e. The summed E-state index contributed by atoms with van der Waals surface area (Å²) < 4.78 is 5.12. The molecule has 0 bridgehead atoms. The third-order valence-electron chi connectivity index (χ3n) is 1.53. The minimum Gasteiger partial charge on any atom is -0.489 e. The Hall–Kier alpha value is -1.31. The molecule has 0 N–H and O–H groups in total. The van der Waals surface area contributed by atoms with Crippen molar-refractivity contribution in [3.05, 3.63) is 35.6 Å². The Morgan fingerprint density at radius 3 is 3.20 bits per heavy atom. The molecule has 0 fully saturated rings. The van der Waals surface area contributed by atoms with Crippen LogP contribution >= 0.6 is 0 Å². The van der Waals surface area contributed by atoms with Crippen molar-refractivity contribution in [3.63, 3.8) is 0 Å². The summed E-state index contributed by atoms with van der Waals surface area (Å²) in [5.41, 5.74) is 1.03. The standard InChI is InChI=1S/C8H6O2/c9-7-2-1-6-3-4-10-8(6)5-7/h1-3,5H,4H2. The minimum absolute atomic E-state index is 0.00838. The summed E-state index contributed by atoms with van der Waals surface area (Å²) in [7, 11) is 0. The van der Waals surface area contributed by atoms with E-state index < -0.39 is 0 Å². The topological polar surface area (TPSA) is 26.3 Å². The largest absolute Gasteiger partial charge is 0.489 e. The number of hydrogen-bond acceptors (Lipinski definition) is 2. The van der Waals surface area contributed by atoms with Gasteiger partial charge >= 0.3 is 0 Å². The van der Waals surface area contributed by atoms with Crippen molar-refractivity contribution in [1.82, 2.24) is 0 Å². The molecule has 0 atom stereocenters. The molecule has 2 heteroatoms. The molecule has 1 aliphatic heterocycles. The molecule has 1 aliphatic carbocycles. The number of hydrogen-bond donors (Lipinski definition) is 0. The number of rotatable bonds is 0. The second kappa shape index (κ2) is 1.84. The number of carbonyl (C=O) groups is 1. The first kappa shape index (κ1) is 5.47. The van der Waals surface area contributed by atoms with E-state index in [2.05, 4.69) is 0 Å². The average molecular weight is 134 g/mol. The Bertz CT molecular complexity index is 269. The first-order valence-corrected chi connectivity index (χ1v) is 3.13. The molecular weight excluding hydrogens is 128 g/mol. The number of ether oxygens (including phenoxy) is 1. The summed E-state index contributed by atoms with van der Waals surface area (Å²) in [6.45, 7) is 0.596. The predicted octanol–water partition coefficient (Wildman–Crippen LogP) is 0.966. The van der Waals surface area contributed by atoms with Gasteiger partial charge in [0.15, 0.2) is 5.78 Å². The molecule has 0 aromatic carbocycles. The molecule has 0 aromatic rings. The molecule has 10 heavy (non-hydrogen) atoms. The third-order valence-corrected chi connectivity index (χ3v) is 1.53. The van der Waals surface area contributed by atoms with Crippen molar-refractivity contribution in [2.75, 3.05) is 6.61 Å². The van der Waals surface area contributed by atoms with Gasteiger partial charge in [0.05, 0.1) is 0 Å². The maximum absolute atomic E-state index is 10.7. The number of fused-ring (bicyclic) bond motifs is 1. The first-order valence-electron chi connectivity index (χ1n) is 3.13. The summed E-state index contributed by atoms with van der Waals surface area (Å²) in [4.78, 5) is 10.7. The minimum atomic E-state index is 0.00838. The van der Waals surface area contributed by atoms with Crippen molar-refractivity contribution in [2.45, 2.75) is 0 Å². The van der Waals surface area contributed by atoms with E-state index in [4.69, 9.17) is 4.74 Å². The van der Waals surface area contributed by atoms with Crippen LogP contribution in [0, 0.1) is 0 Å². The second-order valence-electron chi connectivity index (χ2n) is 2.21. The van der Waals surface area contributed by atoms with Gasteiger partial charge < -0.3 is 4.74 Å². The predicted molar refractivity (Wildman–Crippen MR) is 36.3 cm³/mol. The van der Waals surface area contributed by atoms with Crippen LogP contribution in [0.5, 0.6) is 0 Å². The van der Waals surface area contributed by atoms with E-state index >= 15 is 0 Å². The van der Waals surface area contributed by atoms with Crippen LogP contribution in [0.2, 0.25) is 0 Å². The molecule has 0 radical (unpaired) electrons. The smallest absolute Gasteiger partial charge is 0.182 e. The molecule has 0 spiro atoms. The van der Waals surface area contributed by atoms with Gasteiger partial charge in [0, 0.05) is 11.6 Å². The number of carbonyl (C=O) groups excluding carboxylic acids is 1. The molecule has 50 valence electrons. The lowest BCUT2D eigenvalue weighted by Crippen LogP contribution is -1.97. The highest BCUT2D eigenvalue weighted by molar-refractivity contribution is 6.02. The SMILES string of the molecule is O=C1C=CC2=CCOC2=C1. The third kappa shape index (κ3) is 0.692. The van der Waals surface area contributed by atoms with Gasteiger partial charge in [0.2, 0.25) is 0 Å². The fraction of sp³-hybridized carbons (Fsp3) is 0.125. The quantitative estimate of drug-likeness (QED) is 0.493. The maximum atomic E-state index is 10.7. The summed E-state index contributed by atoms with van der Waals surface area (Å²) in [6, 6.07) is 0. The van der Waals surface area contributed by atoms with Gasteiger partial charge in [-0.05, 0) is 18.2 Å². The Balaban J connectivity index is 2.43. The van der Waals surface area contributed by atoms with Gasteiger partial charge in [-0.3, -0.25) is 4.79 Å². The van der Waals surface area contributed by atoms with Crippen molar-refractivity contribution in [2.24, 2.45) is 0 Å². The normalized spacial score (nSPS) is 21.4. The number of ketones is 1. The second-order valence-corrected chi connectivity index (χ2v) is 2.21. The van der Waals surface area contributed by atoms with Gasteiger partial charge in [0.25, 0.3) is 0 Å². The summed E-state index contributed by atoms with van der Waals surface area (Å²) in [6.07, 6.45) is 6.79. The molecule has 2 nitrogen and oxygen atoms in total. The van der Waals surface area contributed by atoms with Crippen molar-refractivity contribution < 1.29 is 9.53 Å². The highest BCUT2D eigenvalue weighted by Gasteiger charge is 2.14. The lowest BCUT2D eigenvalue weighted by molar-refractivity contribution is -0.110. The van der Waals surface area contributed by atoms with Crippen molar-refractivity contribution >= 4 is 5.78 Å². The molecule has 0 aromatic heterocycles. The van der Waals surface area contributed by atoms with E-state index in [9.17, 15) is 4.79 Å². The molecule has 2 aliphatic rings. The van der Waals surface area contributed by atoms with Gasteiger partial charge in [-0.1, -0.05) is 0 Å². The zero-order valence-electron chi connectivity index (χ0n) is 5.33. The van der Waals surface area contributed by atoms with Gasteiger partial charge in [-0.15, -0.1) is 0 Å². The lowest BCUT2D eigenvalue weighted by atomic mass is 10.1. The molecule has 2 rings (SSSR count). The fourth-order valence-corrected chi connectivity index (χ4v) is 1.03. The van der Waals surface area contributed by atoms with Crippen LogP contribution in [0.3, 0.4) is 0 Å². The van der Waals surface area contributed by atoms with E-state index in [1.54, 1.807) is 12.2 Å². The molecule has 0 saturated carbocycles. The lowest BCUT2D eigenvalue weighted by Gasteiger charge is -2.02. The fourth-order valence-electron chi connectivity index (χ4n) is 1.03. The van der Waals surface area contributed by atoms with Crippen LogP contribution in [-0.4, -0.2) is 12.4 Å². The Labute approximate surface area is 58.5 Å². The highest BCUT2D eigenvalue weighted by Crippen LogP contribution is 2.22. The molecular formula is C8H6O2. The van der Waals surface area contributed by atoms with Gasteiger partial charge in [-0.2, -0.15) is 0 Å². The molecule has 0 amide bonds. The van der Waals surface area contributed by atoms with Crippen LogP contribution in [0.25, 0.3) is 0 Å². The van der Waals surface area contributed by atoms with E-state index in [1.165, 1.54) is 6.08 Å². The van der Waals surface area contributed by atoms with E-state index in [0.717, 1.165) is 5.57 Å². The number of allylic oxidation sites excluding steroid dienone is 3. The Kier molecular flexibility index (Phi) is 1.01. The van der Waals surface area contributed by atoms with Crippen LogP contribution in [0.1, 0.15) is 0 Å². The zero-order valence-corrected chi connectivity index (χ0v) is 5.33. The van der Waals surface area contributed by atoms with Crippen LogP contribution < -0.4 is 0 Å². The van der Waals surface area contributed by atoms with Crippen molar-refractivity contribution in [1.29, 1.82) is 0 Å². The van der Waals surface area contributed by atoms with Crippen LogP contribution in [0.15, 0.2) is 35.6 Å². The summed E-state index contributed by atoms with van der Waals surface area (Å²) >= 11 is 0. The van der Waals surface area contributed by atoms with Gasteiger partial charge in [0.1, 0.15) is 12.4 Å². The summed E-state index contributed by atoms with van der Waals surface area (Å²) in [5.74, 6) is 0.724. The highest BCUT2D eigenvalue weighted by atomic mass is 16.5. The first-order chi connectivity index (χ1) is 4.86. The van der Waals surface area contributed by atoms with E-state index in [-0.39, 0.29) is 5.78 Å². The molecule has 0 saturated heterocycles. The van der Waals surface area contributed by atoms with Crippen LogP contribution in [-0.2, 0) is 9.53 Å². The monoisotopic (exact) mass is 134 g/mol.